The molecular weight excluding hydrogens is 284 g/mol. The first kappa shape index (κ1) is 15.0. The van der Waals surface area contributed by atoms with Crippen LogP contribution in [-0.2, 0) is 16.0 Å². The van der Waals surface area contributed by atoms with Crippen molar-refractivity contribution in [2.75, 3.05) is 39.3 Å². The van der Waals surface area contributed by atoms with E-state index in [1.807, 2.05) is 4.90 Å². The van der Waals surface area contributed by atoms with E-state index in [1.54, 1.807) is 11.3 Å². The molecule has 0 saturated carbocycles. The highest BCUT2D eigenvalue weighted by Gasteiger charge is 2.24. The number of hydrogen-bond acceptors (Lipinski definition) is 4. The molecule has 4 nitrogen and oxygen atoms in total. The second kappa shape index (κ2) is 7.38. The average molecular weight is 308 g/mol. The van der Waals surface area contributed by atoms with Crippen LogP contribution in [0.4, 0.5) is 0 Å². The molecule has 3 heterocycles. The Labute approximate surface area is 130 Å². The van der Waals surface area contributed by atoms with Gasteiger partial charge in [-0.25, -0.2) is 0 Å². The summed E-state index contributed by atoms with van der Waals surface area (Å²) in [5, 5.41) is 4.20. The standard InChI is InChI=1S/C16H24N2O2S/c19-16(4-3-14-5-11-21-13-14)18-8-6-17(7-9-18)12-15-2-1-10-20-15/h5,11,13,15H,1-4,6-10,12H2/t15-/m1/s1. The molecule has 0 spiro atoms. The number of carbonyl (C=O) groups excluding carboxylic acids is 1. The number of aryl methyl sites for hydroxylation is 1. The van der Waals surface area contributed by atoms with E-state index in [0.717, 1.165) is 45.8 Å². The summed E-state index contributed by atoms with van der Waals surface area (Å²) in [4.78, 5) is 16.7. The molecule has 116 valence electrons. The molecule has 3 rings (SSSR count). The second-order valence-electron chi connectivity index (χ2n) is 5.95. The maximum Gasteiger partial charge on any atom is 0.222 e. The predicted molar refractivity (Wildman–Crippen MR) is 84.6 cm³/mol. The van der Waals surface area contributed by atoms with Crippen molar-refractivity contribution in [3.8, 4) is 0 Å². The number of amides is 1. The highest BCUT2D eigenvalue weighted by atomic mass is 32.1. The van der Waals surface area contributed by atoms with Crippen LogP contribution in [0.5, 0.6) is 0 Å². The SMILES string of the molecule is O=C(CCc1ccsc1)N1CCN(C[C@H]2CCCO2)CC1. The first-order valence-electron chi connectivity index (χ1n) is 7.94. The molecule has 2 saturated heterocycles. The third-order valence-corrected chi connectivity index (χ3v) is 5.15. The molecule has 0 bridgehead atoms. The van der Waals surface area contributed by atoms with Gasteiger partial charge in [0.25, 0.3) is 0 Å². The van der Waals surface area contributed by atoms with Crippen molar-refractivity contribution >= 4 is 17.2 Å². The molecule has 21 heavy (non-hydrogen) atoms. The zero-order chi connectivity index (χ0) is 14.5. The van der Waals surface area contributed by atoms with Gasteiger partial charge in [-0.3, -0.25) is 9.69 Å². The Morgan fingerprint density at radius 1 is 1.33 bits per heavy atom. The van der Waals surface area contributed by atoms with Gasteiger partial charge in [0.05, 0.1) is 6.10 Å². The Hall–Kier alpha value is -0.910. The summed E-state index contributed by atoms with van der Waals surface area (Å²) in [6.07, 6.45) is 4.33. The van der Waals surface area contributed by atoms with Crippen LogP contribution in [0.25, 0.3) is 0 Å². The molecular formula is C16H24N2O2S. The molecule has 0 N–H and O–H groups in total. The van der Waals surface area contributed by atoms with Crippen LogP contribution in [-0.4, -0.2) is 61.1 Å². The highest BCUT2D eigenvalue weighted by molar-refractivity contribution is 7.07. The lowest BCUT2D eigenvalue weighted by molar-refractivity contribution is -0.133. The molecule has 1 amide bonds. The lowest BCUT2D eigenvalue weighted by Gasteiger charge is -2.35. The Morgan fingerprint density at radius 2 is 2.19 bits per heavy atom. The number of thiophene rings is 1. The summed E-state index contributed by atoms with van der Waals surface area (Å²) in [6, 6.07) is 2.11. The molecule has 0 unspecified atom stereocenters. The van der Waals surface area contributed by atoms with Crippen molar-refractivity contribution in [3.05, 3.63) is 22.4 Å². The predicted octanol–water partition coefficient (Wildman–Crippen LogP) is 2.00. The summed E-state index contributed by atoms with van der Waals surface area (Å²) in [7, 11) is 0. The quantitative estimate of drug-likeness (QED) is 0.834. The minimum Gasteiger partial charge on any atom is -0.377 e. The topological polar surface area (TPSA) is 32.8 Å². The molecule has 1 aromatic heterocycles. The van der Waals surface area contributed by atoms with E-state index in [2.05, 4.69) is 21.7 Å². The van der Waals surface area contributed by atoms with Crippen LogP contribution in [0.2, 0.25) is 0 Å². The van der Waals surface area contributed by atoms with Crippen LogP contribution >= 0.6 is 11.3 Å². The van der Waals surface area contributed by atoms with Gasteiger partial charge in [-0.15, -0.1) is 0 Å². The molecule has 2 aliphatic heterocycles. The summed E-state index contributed by atoms with van der Waals surface area (Å²) < 4.78 is 5.69. The Balaban J connectivity index is 1.37. The average Bonchev–Trinajstić information content (AvgIpc) is 3.19. The van der Waals surface area contributed by atoms with Crippen LogP contribution in [0.3, 0.4) is 0 Å². The molecule has 5 heteroatoms. The van der Waals surface area contributed by atoms with Crippen molar-refractivity contribution in [2.24, 2.45) is 0 Å². The Morgan fingerprint density at radius 3 is 2.86 bits per heavy atom. The maximum absolute atomic E-state index is 12.2. The van der Waals surface area contributed by atoms with Crippen molar-refractivity contribution < 1.29 is 9.53 Å². The Bertz CT molecular complexity index is 435. The smallest absolute Gasteiger partial charge is 0.222 e. The van der Waals surface area contributed by atoms with Crippen LogP contribution in [0.15, 0.2) is 16.8 Å². The van der Waals surface area contributed by atoms with E-state index in [4.69, 9.17) is 4.74 Å². The molecule has 0 radical (unpaired) electrons. The summed E-state index contributed by atoms with van der Waals surface area (Å²) in [5.41, 5.74) is 1.28. The van der Waals surface area contributed by atoms with Crippen LogP contribution in [0.1, 0.15) is 24.8 Å². The maximum atomic E-state index is 12.2. The van der Waals surface area contributed by atoms with Crippen molar-refractivity contribution in [3.63, 3.8) is 0 Å². The first-order valence-corrected chi connectivity index (χ1v) is 8.88. The third-order valence-electron chi connectivity index (χ3n) is 4.42. The van der Waals surface area contributed by atoms with E-state index in [1.165, 1.54) is 18.4 Å². The molecule has 0 aromatic carbocycles. The lowest BCUT2D eigenvalue weighted by Crippen LogP contribution is -2.50. The molecule has 2 aliphatic rings. The molecule has 1 atom stereocenters. The summed E-state index contributed by atoms with van der Waals surface area (Å²) in [6.45, 7) is 5.68. The normalized spacial score (nSPS) is 23.6. The fourth-order valence-corrected chi connectivity index (χ4v) is 3.80. The zero-order valence-electron chi connectivity index (χ0n) is 12.5. The van der Waals surface area contributed by atoms with E-state index in [-0.39, 0.29) is 0 Å². The van der Waals surface area contributed by atoms with Gasteiger partial charge in [0.1, 0.15) is 0 Å². The van der Waals surface area contributed by atoms with Gasteiger partial charge in [-0.05, 0) is 41.7 Å². The van der Waals surface area contributed by atoms with Gasteiger partial charge in [-0.1, -0.05) is 0 Å². The van der Waals surface area contributed by atoms with E-state index < -0.39 is 0 Å². The Kier molecular flexibility index (Phi) is 5.27. The van der Waals surface area contributed by atoms with Gasteiger partial charge in [0, 0.05) is 45.8 Å². The van der Waals surface area contributed by atoms with Gasteiger partial charge >= 0.3 is 0 Å². The van der Waals surface area contributed by atoms with E-state index >= 15 is 0 Å². The minimum atomic E-state index is 0.304. The number of ether oxygens (including phenoxy) is 1. The minimum absolute atomic E-state index is 0.304. The molecule has 1 aromatic rings. The van der Waals surface area contributed by atoms with Gasteiger partial charge in [0.15, 0.2) is 0 Å². The number of carbonyl (C=O) groups is 1. The lowest BCUT2D eigenvalue weighted by atomic mass is 10.1. The number of rotatable bonds is 5. The fourth-order valence-electron chi connectivity index (χ4n) is 3.10. The summed E-state index contributed by atoms with van der Waals surface area (Å²) >= 11 is 1.70. The second-order valence-corrected chi connectivity index (χ2v) is 6.73. The van der Waals surface area contributed by atoms with E-state index in [9.17, 15) is 4.79 Å². The van der Waals surface area contributed by atoms with Crippen molar-refractivity contribution in [1.29, 1.82) is 0 Å². The zero-order valence-corrected chi connectivity index (χ0v) is 13.3. The summed E-state index contributed by atoms with van der Waals surface area (Å²) in [5.74, 6) is 0.304. The number of piperazine rings is 1. The van der Waals surface area contributed by atoms with Gasteiger partial charge in [-0.2, -0.15) is 11.3 Å². The molecule has 0 aliphatic carbocycles. The van der Waals surface area contributed by atoms with Gasteiger partial charge in [0.2, 0.25) is 5.91 Å². The van der Waals surface area contributed by atoms with E-state index in [0.29, 0.717) is 18.4 Å². The van der Waals surface area contributed by atoms with Gasteiger partial charge < -0.3 is 9.64 Å². The third kappa shape index (κ3) is 4.28. The first-order chi connectivity index (χ1) is 10.3. The molecule has 2 fully saturated rings. The number of hydrogen-bond donors (Lipinski definition) is 0. The largest absolute Gasteiger partial charge is 0.377 e. The van der Waals surface area contributed by atoms with Crippen LogP contribution < -0.4 is 0 Å². The van der Waals surface area contributed by atoms with Crippen molar-refractivity contribution in [1.82, 2.24) is 9.80 Å². The van der Waals surface area contributed by atoms with Crippen molar-refractivity contribution in [2.45, 2.75) is 31.8 Å². The number of nitrogens with zero attached hydrogens (tertiary/aromatic N) is 2. The fraction of sp³-hybridized carbons (Fsp3) is 0.688. The monoisotopic (exact) mass is 308 g/mol. The highest BCUT2D eigenvalue weighted by Crippen LogP contribution is 2.15. The van der Waals surface area contributed by atoms with Crippen LogP contribution in [0, 0.1) is 0 Å².